The molecule has 22 heavy (non-hydrogen) atoms. The van der Waals surface area contributed by atoms with Crippen molar-refractivity contribution in [2.45, 2.75) is 13.5 Å². The largest absolute Gasteiger partial charge is 0.324 e. The molecule has 2 aromatic heterocycles. The third-order valence-corrected chi connectivity index (χ3v) is 4.43. The summed E-state index contributed by atoms with van der Waals surface area (Å²) in [5, 5.41) is 1.64. The van der Waals surface area contributed by atoms with Gasteiger partial charge in [0.15, 0.2) is 5.82 Å². The molecule has 5 nitrogen and oxygen atoms in total. The molecule has 0 fully saturated rings. The number of hydrogen-bond donors (Lipinski definition) is 1. The van der Waals surface area contributed by atoms with E-state index in [4.69, 9.17) is 4.98 Å². The van der Waals surface area contributed by atoms with Crippen molar-refractivity contribution in [3.63, 3.8) is 0 Å². The zero-order valence-corrected chi connectivity index (χ0v) is 13.6. The van der Waals surface area contributed by atoms with E-state index in [1.165, 1.54) is 11.3 Å². The van der Waals surface area contributed by atoms with E-state index in [-0.39, 0.29) is 5.91 Å². The maximum Gasteiger partial charge on any atom is 0.275 e. The number of imidazole rings is 1. The molecule has 0 saturated heterocycles. The van der Waals surface area contributed by atoms with Gasteiger partial charge in [-0.2, -0.15) is 0 Å². The summed E-state index contributed by atoms with van der Waals surface area (Å²) in [6, 6.07) is 11.9. The molecule has 114 valence electrons. The van der Waals surface area contributed by atoms with Gasteiger partial charge < -0.3 is 4.57 Å². The van der Waals surface area contributed by atoms with Crippen molar-refractivity contribution in [2.75, 3.05) is 14.1 Å². The SMILES string of the molecule is CCn1c(-c2ccc(C(=O)NN(C)C)s2)nc2ccccc21. The van der Waals surface area contributed by atoms with Crippen LogP contribution in [0.3, 0.4) is 0 Å². The first-order valence-electron chi connectivity index (χ1n) is 7.14. The molecule has 3 rings (SSSR count). The van der Waals surface area contributed by atoms with Gasteiger partial charge in [0.2, 0.25) is 0 Å². The van der Waals surface area contributed by atoms with E-state index in [2.05, 4.69) is 23.0 Å². The molecule has 1 N–H and O–H groups in total. The van der Waals surface area contributed by atoms with E-state index < -0.39 is 0 Å². The Morgan fingerprint density at radius 2 is 2.05 bits per heavy atom. The van der Waals surface area contributed by atoms with Crippen molar-refractivity contribution in [3.05, 3.63) is 41.3 Å². The molecule has 2 heterocycles. The van der Waals surface area contributed by atoms with Gasteiger partial charge in [-0.1, -0.05) is 12.1 Å². The van der Waals surface area contributed by atoms with Crippen molar-refractivity contribution in [1.82, 2.24) is 20.0 Å². The number of aromatic nitrogens is 2. The first-order valence-corrected chi connectivity index (χ1v) is 7.95. The Hall–Kier alpha value is -2.18. The van der Waals surface area contributed by atoms with E-state index in [1.54, 1.807) is 19.1 Å². The maximum absolute atomic E-state index is 12.1. The molecule has 0 spiro atoms. The van der Waals surface area contributed by atoms with Gasteiger partial charge in [-0.3, -0.25) is 10.2 Å². The minimum Gasteiger partial charge on any atom is -0.324 e. The number of carbonyl (C=O) groups excluding carboxylic acids is 1. The van der Waals surface area contributed by atoms with Crippen molar-refractivity contribution in [3.8, 4) is 10.7 Å². The second-order valence-corrected chi connectivity index (χ2v) is 6.25. The maximum atomic E-state index is 12.1. The lowest BCUT2D eigenvalue weighted by Gasteiger charge is -2.10. The number of carbonyl (C=O) groups is 1. The van der Waals surface area contributed by atoms with Crippen LogP contribution in [0.25, 0.3) is 21.7 Å². The Balaban J connectivity index is 2.01. The molecule has 1 amide bonds. The van der Waals surface area contributed by atoms with Crippen molar-refractivity contribution in [1.29, 1.82) is 0 Å². The van der Waals surface area contributed by atoms with E-state index in [0.717, 1.165) is 28.3 Å². The summed E-state index contributed by atoms with van der Waals surface area (Å²) in [5.41, 5.74) is 4.85. The fourth-order valence-corrected chi connectivity index (χ4v) is 3.32. The fraction of sp³-hybridized carbons (Fsp3) is 0.250. The van der Waals surface area contributed by atoms with Gasteiger partial charge in [0.25, 0.3) is 5.91 Å². The number of nitrogens with zero attached hydrogens (tertiary/aromatic N) is 3. The van der Waals surface area contributed by atoms with Crippen LogP contribution < -0.4 is 5.43 Å². The van der Waals surface area contributed by atoms with Gasteiger partial charge in [-0.25, -0.2) is 9.99 Å². The minimum atomic E-state index is -0.0968. The lowest BCUT2D eigenvalue weighted by atomic mass is 10.3. The van der Waals surface area contributed by atoms with E-state index in [9.17, 15) is 4.79 Å². The Labute approximate surface area is 133 Å². The average molecular weight is 314 g/mol. The highest BCUT2D eigenvalue weighted by molar-refractivity contribution is 7.17. The summed E-state index contributed by atoms with van der Waals surface area (Å²) >= 11 is 1.46. The van der Waals surface area contributed by atoms with E-state index in [1.807, 2.05) is 30.3 Å². The number of hydrogen-bond acceptors (Lipinski definition) is 4. The van der Waals surface area contributed by atoms with Crippen LogP contribution >= 0.6 is 11.3 Å². The first kappa shape index (κ1) is 14.7. The zero-order chi connectivity index (χ0) is 15.7. The van der Waals surface area contributed by atoms with E-state index >= 15 is 0 Å². The van der Waals surface area contributed by atoms with Gasteiger partial charge >= 0.3 is 0 Å². The van der Waals surface area contributed by atoms with Crippen molar-refractivity contribution >= 4 is 28.3 Å². The lowest BCUT2D eigenvalue weighted by Crippen LogP contribution is -2.35. The second-order valence-electron chi connectivity index (χ2n) is 5.17. The van der Waals surface area contributed by atoms with Crippen LogP contribution in [-0.4, -0.2) is 34.6 Å². The highest BCUT2D eigenvalue weighted by atomic mass is 32.1. The minimum absolute atomic E-state index is 0.0968. The molecule has 0 atom stereocenters. The first-order chi connectivity index (χ1) is 10.6. The molecule has 0 radical (unpaired) electrons. The van der Waals surface area contributed by atoms with Crippen LogP contribution in [0, 0.1) is 0 Å². The number of benzene rings is 1. The number of fused-ring (bicyclic) bond motifs is 1. The highest BCUT2D eigenvalue weighted by Gasteiger charge is 2.16. The van der Waals surface area contributed by atoms with Crippen LogP contribution in [0.5, 0.6) is 0 Å². The molecule has 6 heteroatoms. The van der Waals surface area contributed by atoms with Crippen LogP contribution in [0.4, 0.5) is 0 Å². The highest BCUT2D eigenvalue weighted by Crippen LogP contribution is 2.30. The number of aryl methyl sites for hydroxylation is 1. The summed E-state index contributed by atoms with van der Waals surface area (Å²) in [6.07, 6.45) is 0. The van der Waals surface area contributed by atoms with Crippen LogP contribution in [0.15, 0.2) is 36.4 Å². The smallest absolute Gasteiger partial charge is 0.275 e. The second kappa shape index (κ2) is 5.90. The summed E-state index contributed by atoms with van der Waals surface area (Å²) in [6.45, 7) is 2.94. The van der Waals surface area contributed by atoms with Crippen LogP contribution in [0.1, 0.15) is 16.6 Å². The lowest BCUT2D eigenvalue weighted by molar-refractivity contribution is 0.0861. The summed E-state index contributed by atoms with van der Waals surface area (Å²) < 4.78 is 2.18. The molecule has 0 bridgehead atoms. The van der Waals surface area contributed by atoms with Crippen LogP contribution in [-0.2, 0) is 6.54 Å². The molecular weight excluding hydrogens is 296 g/mol. The summed E-state index contributed by atoms with van der Waals surface area (Å²) in [5.74, 6) is 0.818. The molecule has 0 saturated carbocycles. The predicted octanol–water partition coefficient (Wildman–Crippen LogP) is 2.99. The number of hydrazine groups is 1. The Morgan fingerprint density at radius 3 is 2.77 bits per heavy atom. The molecular formula is C16H18N4OS. The van der Waals surface area contributed by atoms with Gasteiger partial charge in [0.1, 0.15) is 0 Å². The third-order valence-electron chi connectivity index (χ3n) is 3.35. The van der Waals surface area contributed by atoms with Crippen LogP contribution in [0.2, 0.25) is 0 Å². The standard InChI is InChI=1S/C16H18N4OS/c1-4-20-12-8-6-5-7-11(12)17-15(20)13-9-10-14(22-13)16(21)18-19(2)3/h5-10H,4H2,1-3H3,(H,18,21). The normalized spacial score (nSPS) is 11.3. The topological polar surface area (TPSA) is 50.2 Å². The van der Waals surface area contributed by atoms with Gasteiger partial charge in [0, 0.05) is 20.6 Å². The predicted molar refractivity (Wildman–Crippen MR) is 89.9 cm³/mol. The number of thiophene rings is 1. The van der Waals surface area contributed by atoms with Gasteiger partial charge in [-0.05, 0) is 31.2 Å². The third kappa shape index (κ3) is 2.63. The summed E-state index contributed by atoms with van der Waals surface area (Å²) in [4.78, 5) is 18.5. The molecule has 0 aliphatic heterocycles. The number of rotatable bonds is 4. The zero-order valence-electron chi connectivity index (χ0n) is 12.8. The number of amides is 1. The fourth-order valence-electron chi connectivity index (χ4n) is 2.42. The molecule has 0 unspecified atom stereocenters. The monoisotopic (exact) mass is 314 g/mol. The molecule has 1 aromatic carbocycles. The van der Waals surface area contributed by atoms with Gasteiger partial charge in [0.05, 0.1) is 20.8 Å². The van der Waals surface area contributed by atoms with Gasteiger partial charge in [-0.15, -0.1) is 11.3 Å². The molecule has 3 aromatic rings. The number of para-hydroxylation sites is 2. The Bertz CT molecular complexity index is 819. The molecule has 0 aliphatic rings. The van der Waals surface area contributed by atoms with E-state index in [0.29, 0.717) is 4.88 Å². The van der Waals surface area contributed by atoms with Crippen molar-refractivity contribution < 1.29 is 4.79 Å². The number of nitrogens with one attached hydrogen (secondary N) is 1. The van der Waals surface area contributed by atoms with Crippen molar-refractivity contribution in [2.24, 2.45) is 0 Å². The Kier molecular flexibility index (Phi) is 3.96. The summed E-state index contributed by atoms with van der Waals surface area (Å²) in [7, 11) is 3.59. The average Bonchev–Trinajstić information content (AvgIpc) is 3.10. The molecule has 0 aliphatic carbocycles. The Morgan fingerprint density at radius 1 is 1.27 bits per heavy atom. The quantitative estimate of drug-likeness (QED) is 0.753.